The van der Waals surface area contributed by atoms with E-state index in [0.29, 0.717) is 6.54 Å². The second-order valence-electron chi connectivity index (χ2n) is 6.30. The molecule has 4 heteroatoms. The van der Waals surface area contributed by atoms with Crippen LogP contribution in [0.5, 0.6) is 0 Å². The van der Waals surface area contributed by atoms with Crippen LogP contribution in [0.4, 0.5) is 5.69 Å². The van der Waals surface area contributed by atoms with Crippen molar-refractivity contribution >= 4 is 11.6 Å². The summed E-state index contributed by atoms with van der Waals surface area (Å²) in [6, 6.07) is 8.24. The van der Waals surface area contributed by atoms with Gasteiger partial charge in [-0.05, 0) is 68.9 Å². The molecule has 1 saturated heterocycles. The van der Waals surface area contributed by atoms with E-state index >= 15 is 0 Å². The number of amides is 1. The van der Waals surface area contributed by atoms with Gasteiger partial charge in [-0.15, -0.1) is 0 Å². The molecule has 4 nitrogen and oxygen atoms in total. The van der Waals surface area contributed by atoms with Crippen LogP contribution in [0.3, 0.4) is 0 Å². The molecule has 2 aliphatic rings. The van der Waals surface area contributed by atoms with Gasteiger partial charge in [0.1, 0.15) is 0 Å². The van der Waals surface area contributed by atoms with Crippen LogP contribution in [0, 0.1) is 5.92 Å². The van der Waals surface area contributed by atoms with E-state index in [-0.39, 0.29) is 5.91 Å². The summed E-state index contributed by atoms with van der Waals surface area (Å²) in [5.74, 6) is 0.852. The zero-order chi connectivity index (χ0) is 14.5. The van der Waals surface area contributed by atoms with E-state index in [1.807, 2.05) is 12.1 Å². The summed E-state index contributed by atoms with van der Waals surface area (Å²) in [6.45, 7) is 4.84. The Morgan fingerprint density at radius 2 is 1.86 bits per heavy atom. The number of hydrogen-bond donors (Lipinski definition) is 2. The first-order chi connectivity index (χ1) is 10.3. The minimum Gasteiger partial charge on any atom is -0.325 e. The lowest BCUT2D eigenvalue weighted by atomic mass is 10.2. The lowest BCUT2D eigenvalue weighted by Gasteiger charge is -2.14. The molecule has 0 unspecified atom stereocenters. The fraction of sp³-hybridized carbons (Fsp3) is 0.588. The van der Waals surface area contributed by atoms with E-state index in [1.54, 1.807) is 0 Å². The lowest BCUT2D eigenvalue weighted by molar-refractivity contribution is -0.115. The smallest absolute Gasteiger partial charge is 0.238 e. The predicted molar refractivity (Wildman–Crippen MR) is 85.2 cm³/mol. The lowest BCUT2D eigenvalue weighted by Crippen LogP contribution is -2.29. The minimum absolute atomic E-state index is 0.0444. The quantitative estimate of drug-likeness (QED) is 0.808. The van der Waals surface area contributed by atoms with Gasteiger partial charge in [0, 0.05) is 12.2 Å². The van der Waals surface area contributed by atoms with Crippen LogP contribution in [-0.4, -0.2) is 37.0 Å². The Balaban J connectivity index is 1.41. The fourth-order valence-electron chi connectivity index (χ4n) is 2.81. The maximum Gasteiger partial charge on any atom is 0.238 e. The molecule has 2 fully saturated rings. The van der Waals surface area contributed by atoms with Gasteiger partial charge in [0.05, 0.1) is 6.54 Å². The molecule has 1 saturated carbocycles. The molecule has 1 aromatic carbocycles. The summed E-state index contributed by atoms with van der Waals surface area (Å²) >= 11 is 0. The molecule has 0 bridgehead atoms. The summed E-state index contributed by atoms with van der Waals surface area (Å²) in [7, 11) is 0. The van der Waals surface area contributed by atoms with Crippen molar-refractivity contribution in [2.45, 2.75) is 32.2 Å². The van der Waals surface area contributed by atoms with Crippen molar-refractivity contribution in [3.8, 4) is 0 Å². The first-order valence-corrected chi connectivity index (χ1v) is 8.11. The van der Waals surface area contributed by atoms with Crippen LogP contribution in [0.25, 0.3) is 0 Å². The average molecular weight is 287 g/mol. The number of carbonyl (C=O) groups excluding carboxylic acids is 1. The molecule has 2 N–H and O–H groups in total. The molecular formula is C17H25N3O. The van der Waals surface area contributed by atoms with Crippen molar-refractivity contribution in [1.82, 2.24) is 10.2 Å². The molecule has 1 aliphatic heterocycles. The predicted octanol–water partition coefficient (Wildman–Crippen LogP) is 2.22. The highest BCUT2D eigenvalue weighted by molar-refractivity contribution is 5.92. The summed E-state index contributed by atoms with van der Waals surface area (Å²) in [5.41, 5.74) is 2.21. The molecule has 1 heterocycles. The molecule has 1 aliphatic carbocycles. The fourth-order valence-corrected chi connectivity index (χ4v) is 2.81. The standard InChI is InChI=1S/C17H25N3O/c21-17(12-18-11-14-3-4-14)19-16-7-5-15(6-8-16)13-20-9-1-2-10-20/h5-8,14,18H,1-4,9-13H2,(H,19,21). The van der Waals surface area contributed by atoms with E-state index < -0.39 is 0 Å². The SMILES string of the molecule is O=C(CNCC1CC1)Nc1ccc(CN2CCCC2)cc1. The maximum atomic E-state index is 11.8. The highest BCUT2D eigenvalue weighted by atomic mass is 16.1. The zero-order valence-corrected chi connectivity index (χ0v) is 12.6. The summed E-state index contributed by atoms with van der Waals surface area (Å²) in [5, 5.41) is 6.15. The normalized spacial score (nSPS) is 18.9. The summed E-state index contributed by atoms with van der Waals surface area (Å²) in [4.78, 5) is 14.3. The zero-order valence-electron chi connectivity index (χ0n) is 12.6. The van der Waals surface area contributed by atoms with Crippen LogP contribution >= 0.6 is 0 Å². The van der Waals surface area contributed by atoms with Crippen LogP contribution in [0.15, 0.2) is 24.3 Å². The van der Waals surface area contributed by atoms with Gasteiger partial charge < -0.3 is 10.6 Å². The monoisotopic (exact) mass is 287 g/mol. The Morgan fingerprint density at radius 3 is 2.52 bits per heavy atom. The number of nitrogens with zero attached hydrogens (tertiary/aromatic N) is 1. The van der Waals surface area contributed by atoms with Crippen LogP contribution in [-0.2, 0) is 11.3 Å². The van der Waals surface area contributed by atoms with Crippen molar-refractivity contribution in [3.63, 3.8) is 0 Å². The van der Waals surface area contributed by atoms with E-state index in [9.17, 15) is 4.79 Å². The molecule has 1 aromatic rings. The molecule has 0 atom stereocenters. The number of likely N-dealkylation sites (tertiary alicyclic amines) is 1. The molecule has 0 radical (unpaired) electrons. The van der Waals surface area contributed by atoms with E-state index in [4.69, 9.17) is 0 Å². The summed E-state index contributed by atoms with van der Waals surface area (Å²) < 4.78 is 0. The molecule has 0 aromatic heterocycles. The largest absolute Gasteiger partial charge is 0.325 e. The Morgan fingerprint density at radius 1 is 1.14 bits per heavy atom. The number of carbonyl (C=O) groups is 1. The first kappa shape index (κ1) is 14.5. The summed E-state index contributed by atoms with van der Waals surface area (Å²) in [6.07, 6.45) is 5.27. The highest BCUT2D eigenvalue weighted by Crippen LogP contribution is 2.27. The maximum absolute atomic E-state index is 11.8. The number of benzene rings is 1. The molecule has 114 valence electrons. The average Bonchev–Trinajstić information content (AvgIpc) is 3.16. The van der Waals surface area contributed by atoms with Crippen molar-refractivity contribution in [2.24, 2.45) is 5.92 Å². The van der Waals surface area contributed by atoms with E-state index in [2.05, 4.69) is 27.7 Å². The second-order valence-corrected chi connectivity index (χ2v) is 6.30. The van der Waals surface area contributed by atoms with Crippen molar-refractivity contribution in [1.29, 1.82) is 0 Å². The number of hydrogen-bond acceptors (Lipinski definition) is 3. The van der Waals surface area contributed by atoms with Gasteiger partial charge in [-0.3, -0.25) is 9.69 Å². The highest BCUT2D eigenvalue weighted by Gasteiger charge is 2.20. The third kappa shape index (κ3) is 4.83. The minimum atomic E-state index is 0.0444. The van der Waals surface area contributed by atoms with Gasteiger partial charge in [-0.1, -0.05) is 12.1 Å². The molecule has 21 heavy (non-hydrogen) atoms. The van der Waals surface area contributed by atoms with Crippen LogP contribution in [0.2, 0.25) is 0 Å². The molecule has 1 amide bonds. The number of anilines is 1. The van der Waals surface area contributed by atoms with E-state index in [0.717, 1.165) is 24.7 Å². The van der Waals surface area contributed by atoms with Crippen molar-refractivity contribution < 1.29 is 4.79 Å². The Labute approximate surface area is 126 Å². The third-order valence-electron chi connectivity index (χ3n) is 4.26. The van der Waals surface area contributed by atoms with E-state index in [1.165, 1.54) is 44.3 Å². The Kier molecular flexibility index (Phi) is 4.88. The second kappa shape index (κ2) is 7.05. The Bertz CT molecular complexity index is 461. The first-order valence-electron chi connectivity index (χ1n) is 8.11. The molecule has 3 rings (SSSR count). The van der Waals surface area contributed by atoms with Gasteiger partial charge in [0.15, 0.2) is 0 Å². The van der Waals surface area contributed by atoms with Gasteiger partial charge in [-0.25, -0.2) is 0 Å². The van der Waals surface area contributed by atoms with Crippen LogP contribution in [0.1, 0.15) is 31.2 Å². The van der Waals surface area contributed by atoms with Gasteiger partial charge in [0.2, 0.25) is 5.91 Å². The van der Waals surface area contributed by atoms with Gasteiger partial charge in [0.25, 0.3) is 0 Å². The van der Waals surface area contributed by atoms with Gasteiger partial charge >= 0.3 is 0 Å². The van der Waals surface area contributed by atoms with Crippen LogP contribution < -0.4 is 10.6 Å². The van der Waals surface area contributed by atoms with Crippen molar-refractivity contribution in [2.75, 3.05) is 31.5 Å². The number of rotatable bonds is 7. The Hall–Kier alpha value is -1.39. The topological polar surface area (TPSA) is 44.4 Å². The third-order valence-corrected chi connectivity index (χ3v) is 4.26. The number of nitrogens with one attached hydrogen (secondary N) is 2. The van der Waals surface area contributed by atoms with Gasteiger partial charge in [-0.2, -0.15) is 0 Å². The molecular weight excluding hydrogens is 262 g/mol. The molecule has 0 spiro atoms. The van der Waals surface area contributed by atoms with Crippen molar-refractivity contribution in [3.05, 3.63) is 29.8 Å².